The summed E-state index contributed by atoms with van der Waals surface area (Å²) in [7, 11) is 0. The lowest BCUT2D eigenvalue weighted by atomic mass is 10.1. The molecule has 2 aromatic rings. The Kier molecular flexibility index (Phi) is 6.40. The van der Waals surface area contributed by atoms with Crippen molar-refractivity contribution in [3.05, 3.63) is 12.7 Å². The normalized spacial score (nSPS) is 26.9. The second-order valence-corrected chi connectivity index (χ2v) is 8.56. The average molecular weight is 434 g/mol. The molecule has 4 heterocycles. The zero-order valence-corrected chi connectivity index (χ0v) is 18.3. The molecule has 0 radical (unpaired) electrons. The first-order valence-corrected chi connectivity index (χ1v) is 11.0. The number of rotatable bonds is 9. The number of esters is 1. The second-order valence-electron chi connectivity index (χ2n) is 8.56. The van der Waals surface area contributed by atoms with Gasteiger partial charge in [0, 0.05) is 6.42 Å². The predicted molar refractivity (Wildman–Crippen MR) is 112 cm³/mol. The van der Waals surface area contributed by atoms with E-state index in [1.165, 1.54) is 19.2 Å². The van der Waals surface area contributed by atoms with Gasteiger partial charge in [0.15, 0.2) is 23.5 Å². The molecule has 4 atom stereocenters. The third kappa shape index (κ3) is 4.65. The Morgan fingerprint density at radius 3 is 2.74 bits per heavy atom. The summed E-state index contributed by atoms with van der Waals surface area (Å²) < 4.78 is 25.7. The molecule has 2 saturated heterocycles. The summed E-state index contributed by atoms with van der Waals surface area (Å²) in [4.78, 5) is 24.8. The summed E-state index contributed by atoms with van der Waals surface area (Å²) in [6.45, 7) is 5.98. The van der Waals surface area contributed by atoms with Crippen molar-refractivity contribution in [3.8, 4) is 0 Å². The highest BCUT2D eigenvalue weighted by Gasteiger charge is 2.56. The number of anilines is 1. The van der Waals surface area contributed by atoms with Crippen LogP contribution in [-0.2, 0) is 23.7 Å². The van der Waals surface area contributed by atoms with Crippen LogP contribution in [0.2, 0.25) is 0 Å². The van der Waals surface area contributed by atoms with Crippen molar-refractivity contribution in [1.29, 1.82) is 0 Å². The SMILES string of the molecule is CCCCCCCC(=O)OCC1OC(n2cnc3c(N)ncnc32)C2OC(C)(C)OC12. The number of carbonyl (C=O) groups is 1. The van der Waals surface area contributed by atoms with Gasteiger partial charge in [-0.1, -0.05) is 32.6 Å². The van der Waals surface area contributed by atoms with Gasteiger partial charge >= 0.3 is 5.97 Å². The molecule has 10 nitrogen and oxygen atoms in total. The van der Waals surface area contributed by atoms with E-state index in [1.807, 2.05) is 13.8 Å². The fourth-order valence-corrected chi connectivity index (χ4v) is 4.19. The highest BCUT2D eigenvalue weighted by Crippen LogP contribution is 2.43. The monoisotopic (exact) mass is 433 g/mol. The van der Waals surface area contributed by atoms with Crippen LogP contribution in [0.25, 0.3) is 11.2 Å². The Balaban J connectivity index is 1.42. The number of carbonyl (C=O) groups excluding carboxylic acids is 1. The Labute approximate surface area is 181 Å². The van der Waals surface area contributed by atoms with E-state index in [4.69, 9.17) is 24.7 Å². The Morgan fingerprint density at radius 1 is 1.16 bits per heavy atom. The highest BCUT2D eigenvalue weighted by atomic mass is 16.8. The van der Waals surface area contributed by atoms with Gasteiger partial charge in [-0.3, -0.25) is 9.36 Å². The Morgan fingerprint density at radius 2 is 1.94 bits per heavy atom. The molecular formula is C21H31N5O5. The average Bonchev–Trinajstić information content (AvgIpc) is 3.38. The fraction of sp³-hybridized carbons (Fsp3) is 0.714. The zero-order valence-electron chi connectivity index (χ0n) is 18.3. The largest absolute Gasteiger partial charge is 0.463 e. The molecular weight excluding hydrogens is 402 g/mol. The second kappa shape index (κ2) is 9.05. The minimum absolute atomic E-state index is 0.106. The fourth-order valence-electron chi connectivity index (χ4n) is 4.19. The van der Waals surface area contributed by atoms with Gasteiger partial charge in [-0.25, -0.2) is 15.0 Å². The summed E-state index contributed by atoms with van der Waals surface area (Å²) in [6, 6.07) is 0. The van der Waals surface area contributed by atoms with Crippen molar-refractivity contribution < 1.29 is 23.7 Å². The number of aromatic nitrogens is 4. The van der Waals surface area contributed by atoms with Crippen molar-refractivity contribution in [3.63, 3.8) is 0 Å². The van der Waals surface area contributed by atoms with Crippen LogP contribution in [0.1, 0.15) is 65.5 Å². The van der Waals surface area contributed by atoms with Crippen LogP contribution < -0.4 is 5.73 Å². The molecule has 0 amide bonds. The van der Waals surface area contributed by atoms with E-state index in [2.05, 4.69) is 21.9 Å². The topological polar surface area (TPSA) is 124 Å². The van der Waals surface area contributed by atoms with E-state index in [9.17, 15) is 4.79 Å². The lowest BCUT2D eigenvalue weighted by Crippen LogP contribution is -2.33. The molecule has 0 saturated carbocycles. The molecule has 2 N–H and O–H groups in total. The number of nitrogens with two attached hydrogens (primary N) is 1. The maximum Gasteiger partial charge on any atom is 0.305 e. The predicted octanol–water partition coefficient (Wildman–Crippen LogP) is 2.73. The van der Waals surface area contributed by atoms with E-state index in [0.717, 1.165) is 19.3 Å². The van der Waals surface area contributed by atoms with Crippen LogP contribution in [0.4, 0.5) is 5.82 Å². The lowest BCUT2D eigenvalue weighted by molar-refractivity contribution is -0.202. The van der Waals surface area contributed by atoms with Gasteiger partial charge in [0.05, 0.1) is 6.33 Å². The summed E-state index contributed by atoms with van der Waals surface area (Å²) in [6.07, 6.45) is 7.03. The van der Waals surface area contributed by atoms with Crippen LogP contribution in [0.3, 0.4) is 0 Å². The molecule has 0 spiro atoms. The van der Waals surface area contributed by atoms with Gasteiger partial charge in [-0.15, -0.1) is 0 Å². The van der Waals surface area contributed by atoms with Crippen molar-refractivity contribution in [2.24, 2.45) is 0 Å². The van der Waals surface area contributed by atoms with Crippen molar-refractivity contribution in [2.75, 3.05) is 12.3 Å². The minimum Gasteiger partial charge on any atom is -0.463 e. The van der Waals surface area contributed by atoms with E-state index in [-0.39, 0.29) is 18.7 Å². The maximum absolute atomic E-state index is 12.2. The van der Waals surface area contributed by atoms with Crippen LogP contribution in [-0.4, -0.2) is 56.2 Å². The van der Waals surface area contributed by atoms with Gasteiger partial charge in [0.2, 0.25) is 0 Å². The first-order valence-electron chi connectivity index (χ1n) is 11.0. The number of unbranched alkanes of at least 4 members (excludes halogenated alkanes) is 4. The quantitative estimate of drug-likeness (QED) is 0.469. The highest BCUT2D eigenvalue weighted by molar-refractivity contribution is 5.81. The van der Waals surface area contributed by atoms with Crippen molar-refractivity contribution >= 4 is 23.0 Å². The first-order chi connectivity index (χ1) is 14.9. The summed E-state index contributed by atoms with van der Waals surface area (Å²) in [5.41, 5.74) is 6.96. The van der Waals surface area contributed by atoms with Gasteiger partial charge in [-0.2, -0.15) is 0 Å². The molecule has 2 fully saturated rings. The standard InChI is InChI=1S/C21H31N5O5/c1-4-5-6-7-8-9-14(27)28-10-13-16-17(31-21(2,3)30-16)20(29-13)26-12-25-15-18(22)23-11-24-19(15)26/h11-13,16-17,20H,4-10H2,1-3H3,(H2,22,23,24). The third-order valence-corrected chi connectivity index (χ3v) is 5.68. The first kappa shape index (κ1) is 21.9. The number of hydrogen-bond donors (Lipinski definition) is 1. The summed E-state index contributed by atoms with van der Waals surface area (Å²) in [5, 5.41) is 0. The molecule has 0 aliphatic carbocycles. The number of nitrogen functional groups attached to an aromatic ring is 1. The number of nitrogens with zero attached hydrogens (tertiary/aromatic N) is 4. The molecule has 2 aliphatic rings. The number of ether oxygens (including phenoxy) is 4. The number of fused-ring (bicyclic) bond motifs is 2. The molecule has 0 bridgehead atoms. The molecule has 2 aliphatic heterocycles. The van der Waals surface area contributed by atoms with Crippen molar-refractivity contribution in [2.45, 2.75) is 89.6 Å². The maximum atomic E-state index is 12.2. The van der Waals surface area contributed by atoms with Gasteiger partial charge in [0.1, 0.15) is 36.8 Å². The lowest BCUT2D eigenvalue weighted by Gasteiger charge is -2.24. The van der Waals surface area contributed by atoms with E-state index in [1.54, 1.807) is 10.9 Å². The van der Waals surface area contributed by atoms with Gasteiger partial charge in [-0.05, 0) is 20.3 Å². The van der Waals surface area contributed by atoms with Gasteiger partial charge in [0.25, 0.3) is 0 Å². The van der Waals surface area contributed by atoms with Crippen LogP contribution >= 0.6 is 0 Å². The molecule has 4 rings (SSSR count). The van der Waals surface area contributed by atoms with E-state index in [0.29, 0.717) is 23.4 Å². The molecule has 0 aromatic carbocycles. The van der Waals surface area contributed by atoms with Crippen LogP contribution in [0.5, 0.6) is 0 Å². The van der Waals surface area contributed by atoms with Crippen molar-refractivity contribution in [1.82, 2.24) is 19.5 Å². The molecule has 170 valence electrons. The zero-order chi connectivity index (χ0) is 22.0. The Hall–Kier alpha value is -2.30. The van der Waals surface area contributed by atoms with E-state index < -0.39 is 24.2 Å². The molecule has 31 heavy (non-hydrogen) atoms. The van der Waals surface area contributed by atoms with Crippen LogP contribution in [0.15, 0.2) is 12.7 Å². The minimum atomic E-state index is -0.775. The smallest absolute Gasteiger partial charge is 0.305 e. The molecule has 2 aromatic heterocycles. The van der Waals surface area contributed by atoms with Gasteiger partial charge < -0.3 is 24.7 Å². The summed E-state index contributed by atoms with van der Waals surface area (Å²) >= 11 is 0. The van der Waals surface area contributed by atoms with Crippen LogP contribution in [0, 0.1) is 0 Å². The summed E-state index contributed by atoms with van der Waals surface area (Å²) in [5.74, 6) is -0.693. The van der Waals surface area contributed by atoms with E-state index >= 15 is 0 Å². The molecule has 10 heteroatoms. The number of imidazole rings is 1. The Bertz CT molecular complexity index is 917. The molecule has 4 unspecified atom stereocenters. The number of hydrogen-bond acceptors (Lipinski definition) is 9. The third-order valence-electron chi connectivity index (χ3n) is 5.68.